The maximum atomic E-state index is 5.64. The summed E-state index contributed by atoms with van der Waals surface area (Å²) in [4.78, 5) is 0. The maximum absolute atomic E-state index is 5.64. The minimum absolute atomic E-state index is 0.586. The highest BCUT2D eigenvalue weighted by Crippen LogP contribution is 2.53. The Hall–Kier alpha value is -1.36. The van der Waals surface area contributed by atoms with E-state index in [9.17, 15) is 0 Å². The lowest BCUT2D eigenvalue weighted by Crippen LogP contribution is -1.95. The number of methoxy groups -OCH3 is 2. The number of hydrogen-bond donors (Lipinski definition) is 1. The van der Waals surface area contributed by atoms with Gasteiger partial charge in [0.25, 0.3) is 0 Å². The fraction of sp³-hybridized carbons (Fsp3) is 0.143. The Morgan fingerprint density at radius 1 is 0.714 bits per heavy atom. The average molecular weight is 342 g/mol. The topological polar surface area (TPSA) is 36.9 Å². The van der Waals surface area contributed by atoms with Crippen LogP contribution in [0.15, 0.2) is 48.5 Å². The van der Waals surface area contributed by atoms with E-state index in [1.54, 1.807) is 62.8 Å². The van der Waals surface area contributed by atoms with Crippen LogP contribution < -0.4 is 18.5 Å². The minimum Gasteiger partial charge on any atom is -0.497 e. The van der Waals surface area contributed by atoms with E-state index in [0.717, 1.165) is 11.5 Å². The van der Waals surface area contributed by atoms with E-state index >= 15 is 0 Å². The zero-order valence-corrected chi connectivity index (χ0v) is 14.2. The predicted molar refractivity (Wildman–Crippen MR) is 90.5 cm³/mol. The van der Waals surface area contributed by atoms with Gasteiger partial charge < -0.3 is 18.5 Å². The second kappa shape index (κ2) is 7.07. The summed E-state index contributed by atoms with van der Waals surface area (Å²) >= 11 is 9.62. The van der Waals surface area contributed by atoms with Gasteiger partial charge in [-0.2, -0.15) is 0 Å². The third kappa shape index (κ3) is 4.84. The number of benzene rings is 2. The van der Waals surface area contributed by atoms with Crippen molar-refractivity contribution < 1.29 is 18.5 Å². The normalized spacial score (nSPS) is 10.8. The SMILES string of the molecule is COc1ccc(OP(=S)(S)Oc2ccc(OC)cc2)cc1. The monoisotopic (exact) mass is 342 g/mol. The smallest absolute Gasteiger partial charge is 0.345 e. The van der Waals surface area contributed by atoms with Crippen LogP contribution in [-0.4, -0.2) is 14.2 Å². The summed E-state index contributed by atoms with van der Waals surface area (Å²) in [6, 6.07) is 14.2. The second-order valence-electron chi connectivity index (χ2n) is 4.00. The van der Waals surface area contributed by atoms with Crippen molar-refractivity contribution in [2.75, 3.05) is 14.2 Å². The molecule has 0 spiro atoms. The summed E-state index contributed by atoms with van der Waals surface area (Å²) in [7, 11) is 3.21. The van der Waals surface area contributed by atoms with Gasteiger partial charge in [0.1, 0.15) is 23.0 Å². The van der Waals surface area contributed by atoms with Gasteiger partial charge in [-0.1, -0.05) is 12.2 Å². The van der Waals surface area contributed by atoms with Crippen LogP contribution in [0.3, 0.4) is 0 Å². The molecule has 2 rings (SSSR count). The van der Waals surface area contributed by atoms with E-state index in [1.807, 2.05) is 0 Å². The Balaban J connectivity index is 2.04. The van der Waals surface area contributed by atoms with Crippen molar-refractivity contribution in [3.63, 3.8) is 0 Å². The van der Waals surface area contributed by atoms with Gasteiger partial charge in [-0.25, -0.2) is 0 Å². The number of hydrogen-bond acceptors (Lipinski definition) is 5. The molecule has 0 aliphatic carbocycles. The second-order valence-corrected chi connectivity index (χ2v) is 9.14. The van der Waals surface area contributed by atoms with Crippen molar-refractivity contribution in [2.24, 2.45) is 0 Å². The van der Waals surface area contributed by atoms with Gasteiger partial charge in [-0.05, 0) is 60.3 Å². The Morgan fingerprint density at radius 3 is 1.29 bits per heavy atom. The summed E-state index contributed by atoms with van der Waals surface area (Å²) in [5, 5.41) is 0. The molecule has 0 aromatic heterocycles. The zero-order valence-electron chi connectivity index (χ0n) is 11.6. The predicted octanol–water partition coefficient (Wildman–Crippen LogP) is 4.32. The summed E-state index contributed by atoms with van der Waals surface area (Å²) in [6.07, 6.45) is 0. The van der Waals surface area contributed by atoms with Gasteiger partial charge in [0.2, 0.25) is 0 Å². The highest BCUT2D eigenvalue weighted by molar-refractivity contribution is 8.60. The first-order valence-corrected chi connectivity index (χ1v) is 9.81. The molecule has 0 heterocycles. The van der Waals surface area contributed by atoms with Gasteiger partial charge in [0.05, 0.1) is 14.2 Å². The van der Waals surface area contributed by atoms with Crippen molar-refractivity contribution >= 4 is 29.7 Å². The van der Waals surface area contributed by atoms with Crippen molar-refractivity contribution in [2.45, 2.75) is 0 Å². The maximum Gasteiger partial charge on any atom is 0.345 e. The average Bonchev–Trinajstić information content (AvgIpc) is 2.48. The number of rotatable bonds is 6. The number of thiol groups is 1. The van der Waals surface area contributed by atoms with Gasteiger partial charge in [0.15, 0.2) is 0 Å². The Kier molecular flexibility index (Phi) is 5.39. The van der Waals surface area contributed by atoms with Crippen LogP contribution in [0.25, 0.3) is 0 Å². The first-order chi connectivity index (χ1) is 10.0. The summed E-state index contributed by atoms with van der Waals surface area (Å²) in [5.74, 6) is 2.65. The van der Waals surface area contributed by atoms with Gasteiger partial charge in [0, 0.05) is 0 Å². The lowest BCUT2D eigenvalue weighted by atomic mass is 10.3. The number of ether oxygens (including phenoxy) is 2. The molecule has 0 atom stereocenters. The zero-order chi connectivity index (χ0) is 15.3. The van der Waals surface area contributed by atoms with Gasteiger partial charge in [-0.15, -0.1) is 0 Å². The molecule has 0 fully saturated rings. The molecular formula is C14H15O4PS2. The Bertz CT molecular complexity index is 575. The molecule has 2 aromatic rings. The van der Waals surface area contributed by atoms with Crippen molar-refractivity contribution in [1.82, 2.24) is 0 Å². The molecule has 0 aliphatic heterocycles. The largest absolute Gasteiger partial charge is 0.497 e. The van der Waals surface area contributed by atoms with E-state index in [2.05, 4.69) is 12.2 Å². The van der Waals surface area contributed by atoms with E-state index in [1.165, 1.54) is 0 Å². The fourth-order valence-corrected chi connectivity index (χ4v) is 3.45. The summed E-state index contributed by atoms with van der Waals surface area (Å²) in [6.45, 7) is 0. The third-order valence-electron chi connectivity index (χ3n) is 2.56. The van der Waals surface area contributed by atoms with Crippen LogP contribution in [0.4, 0.5) is 0 Å². The van der Waals surface area contributed by atoms with E-state index < -0.39 is 5.69 Å². The molecule has 0 saturated carbocycles. The van der Waals surface area contributed by atoms with Crippen LogP contribution in [0.5, 0.6) is 23.0 Å². The van der Waals surface area contributed by atoms with E-state index in [4.69, 9.17) is 30.3 Å². The van der Waals surface area contributed by atoms with Crippen molar-refractivity contribution in [3.8, 4) is 23.0 Å². The van der Waals surface area contributed by atoms with Crippen LogP contribution in [0.2, 0.25) is 0 Å². The molecular weight excluding hydrogens is 327 g/mol. The lowest BCUT2D eigenvalue weighted by Gasteiger charge is -2.18. The van der Waals surface area contributed by atoms with E-state index in [-0.39, 0.29) is 0 Å². The molecule has 0 bridgehead atoms. The van der Waals surface area contributed by atoms with Crippen LogP contribution in [-0.2, 0) is 11.8 Å². The Morgan fingerprint density at radius 2 is 1.00 bits per heavy atom. The standard InChI is InChI=1S/C14H15O4PS2/c1-15-11-3-7-13(8-4-11)17-19(20,21)18-14-9-5-12(16-2)6-10-14/h3-10H,1-2H3,(H,20,21). The molecule has 7 heteroatoms. The first kappa shape index (κ1) is 16.0. The van der Waals surface area contributed by atoms with Gasteiger partial charge in [-0.3, -0.25) is 0 Å². The summed E-state index contributed by atoms with van der Waals surface area (Å²) in [5.41, 5.74) is -2.74. The highest BCUT2D eigenvalue weighted by atomic mass is 32.9. The van der Waals surface area contributed by atoms with Crippen LogP contribution in [0.1, 0.15) is 0 Å². The fourth-order valence-electron chi connectivity index (χ4n) is 1.56. The van der Waals surface area contributed by atoms with Crippen LogP contribution in [0, 0.1) is 0 Å². The molecule has 112 valence electrons. The molecule has 0 saturated heterocycles. The molecule has 0 radical (unpaired) electrons. The summed E-state index contributed by atoms with van der Waals surface area (Å²) < 4.78 is 21.4. The quantitative estimate of drug-likeness (QED) is 0.625. The lowest BCUT2D eigenvalue weighted by molar-refractivity contribution is 0.413. The van der Waals surface area contributed by atoms with E-state index in [0.29, 0.717) is 11.5 Å². The first-order valence-electron chi connectivity index (χ1n) is 6.02. The van der Waals surface area contributed by atoms with Crippen molar-refractivity contribution in [1.29, 1.82) is 0 Å². The van der Waals surface area contributed by atoms with Crippen LogP contribution >= 0.6 is 17.9 Å². The molecule has 0 unspecified atom stereocenters. The molecule has 4 nitrogen and oxygen atoms in total. The molecule has 0 amide bonds. The highest BCUT2D eigenvalue weighted by Gasteiger charge is 2.17. The molecule has 2 aromatic carbocycles. The minimum atomic E-state index is -2.74. The molecule has 0 aliphatic rings. The molecule has 0 N–H and O–H groups in total. The third-order valence-corrected chi connectivity index (χ3v) is 4.38. The van der Waals surface area contributed by atoms with Crippen molar-refractivity contribution in [3.05, 3.63) is 48.5 Å². The van der Waals surface area contributed by atoms with Gasteiger partial charge >= 0.3 is 5.69 Å². The Labute approximate surface area is 134 Å². The molecule has 21 heavy (non-hydrogen) atoms.